The van der Waals surface area contributed by atoms with Crippen molar-refractivity contribution in [3.63, 3.8) is 0 Å². The average molecular weight is 585 g/mol. The summed E-state index contributed by atoms with van der Waals surface area (Å²) in [7, 11) is 0. The van der Waals surface area contributed by atoms with Gasteiger partial charge < -0.3 is 18.4 Å². The summed E-state index contributed by atoms with van der Waals surface area (Å²) >= 11 is 0. The van der Waals surface area contributed by atoms with Gasteiger partial charge in [-0.3, -0.25) is 20.2 Å². The van der Waals surface area contributed by atoms with Crippen molar-refractivity contribution in [2.45, 2.75) is 6.92 Å². The maximum Gasteiger partial charge on any atom is 0.213 e. The minimum atomic E-state index is 0.676. The van der Waals surface area contributed by atoms with E-state index in [1.54, 1.807) is 62.6 Å². The van der Waals surface area contributed by atoms with Crippen molar-refractivity contribution >= 4 is 0 Å². The van der Waals surface area contributed by atoms with Gasteiger partial charge in [0.2, 0.25) is 6.39 Å². The van der Waals surface area contributed by atoms with Crippen LogP contribution in [0, 0.1) is 6.92 Å². The Morgan fingerprint density at radius 2 is 1.30 bits per heavy atom. The first-order chi connectivity index (χ1) is 21.4. The molecule has 43 heavy (non-hydrogen) atoms. The molecule has 0 bridgehead atoms. The van der Waals surface area contributed by atoms with E-state index in [1.807, 2.05) is 67.0 Å². The van der Waals surface area contributed by atoms with Crippen molar-refractivity contribution in [2.24, 2.45) is 0 Å². The van der Waals surface area contributed by atoms with Gasteiger partial charge >= 0.3 is 0 Å². The second-order valence-electron chi connectivity index (χ2n) is 6.69. The van der Waals surface area contributed by atoms with Gasteiger partial charge in [-0.1, -0.05) is 22.4 Å². The van der Waals surface area contributed by atoms with Crippen molar-refractivity contribution in [3.05, 3.63) is 166 Å². The lowest BCUT2D eigenvalue weighted by Gasteiger charge is -1.70. The molecule has 8 aromatic heterocycles. The number of nitrogens with zero attached hydrogens (tertiary/aromatic N) is 9. The zero-order valence-corrected chi connectivity index (χ0v) is 23.3. The molecule has 0 aliphatic rings. The predicted octanol–water partition coefficient (Wildman–Crippen LogP) is 5.12. The highest BCUT2D eigenvalue weighted by Gasteiger charge is 1.79. The Labute approximate surface area is 247 Å². The zero-order chi connectivity index (χ0) is 30.6. The highest BCUT2D eigenvalue weighted by atomic mass is 16.5. The summed E-state index contributed by atoms with van der Waals surface area (Å²) < 4.78 is 13.2. The van der Waals surface area contributed by atoms with Gasteiger partial charge in [-0.2, -0.15) is 15.2 Å². The quantitative estimate of drug-likeness (QED) is 0.212. The van der Waals surface area contributed by atoms with Gasteiger partial charge in [-0.25, -0.2) is 9.97 Å². The van der Waals surface area contributed by atoms with E-state index in [4.69, 9.17) is 0 Å². The van der Waals surface area contributed by atoms with E-state index in [1.165, 1.54) is 38.0 Å². The molecule has 8 heterocycles. The number of aromatic nitrogens is 12. The van der Waals surface area contributed by atoms with E-state index < -0.39 is 0 Å². The van der Waals surface area contributed by atoms with Gasteiger partial charge in [-0.15, -0.1) is 0 Å². The van der Waals surface area contributed by atoms with Crippen LogP contribution in [-0.2, 0) is 0 Å². The normalized spacial score (nSPS) is 8.12. The number of H-pyrrole nitrogens is 3. The number of oxazole rings is 1. The molecule has 0 aromatic carbocycles. The van der Waals surface area contributed by atoms with Crippen molar-refractivity contribution in [2.75, 3.05) is 0 Å². The summed E-state index contributed by atoms with van der Waals surface area (Å²) in [5.41, 5.74) is 0. The van der Waals surface area contributed by atoms with Gasteiger partial charge in [0.15, 0.2) is 12.2 Å². The average Bonchev–Trinajstić information content (AvgIpc) is 3.96. The molecule has 0 saturated carbocycles. The summed E-state index contributed by atoms with van der Waals surface area (Å²) in [5.74, 6) is 0.676. The monoisotopic (exact) mass is 584 g/mol. The second kappa shape index (κ2) is 30.0. The van der Waals surface area contributed by atoms with Crippen LogP contribution in [0.3, 0.4) is 0 Å². The van der Waals surface area contributed by atoms with Crippen molar-refractivity contribution in [1.29, 1.82) is 0 Å². The Bertz CT molecular complexity index is 1080. The van der Waals surface area contributed by atoms with Crippen LogP contribution in [0.1, 0.15) is 5.82 Å². The molecule has 0 atom stereocenters. The number of pyridine rings is 2. The van der Waals surface area contributed by atoms with Crippen LogP contribution in [0.5, 0.6) is 0 Å². The standard InChI is InChI=1S/2C5H5N.C4H5N.C3H4N2O.C3H4N2.2C3H3NO.C2H3N3/c2*1-2-4-6-5-3-1;1-2-4-5-3-1;1-3-4-2-6-5-3;1-2-4-5-3-1;1-2-5-3-4-1;1-2-4-5-3-1;1-3-2-5-4-1/h2*1-5H;1-5H;2H,1H3;1-3H,(H,4,5);2*1-3H;1-2H,(H,3,4,5). The number of hydrogen-bond donors (Lipinski definition) is 3. The lowest BCUT2D eigenvalue weighted by molar-refractivity contribution is 0.412. The van der Waals surface area contributed by atoms with Crippen LogP contribution in [0.25, 0.3) is 0 Å². The first kappa shape index (κ1) is 34.5. The van der Waals surface area contributed by atoms with Crippen LogP contribution in [0.2, 0.25) is 0 Å². The Morgan fingerprint density at radius 3 is 1.47 bits per heavy atom. The third-order valence-electron chi connectivity index (χ3n) is 3.53. The molecule has 0 unspecified atom stereocenters. The maximum absolute atomic E-state index is 4.47. The van der Waals surface area contributed by atoms with Crippen LogP contribution in [0.4, 0.5) is 0 Å². The third kappa shape index (κ3) is 28.3. The molecule has 0 amide bonds. The van der Waals surface area contributed by atoms with Crippen LogP contribution >= 0.6 is 0 Å². The fourth-order valence-corrected chi connectivity index (χ4v) is 1.86. The number of aryl methyl sites for hydroxylation is 1. The molecule has 0 spiro atoms. The van der Waals surface area contributed by atoms with E-state index in [0.29, 0.717) is 5.82 Å². The van der Waals surface area contributed by atoms with Gasteiger partial charge in [-0.05, 0) is 55.5 Å². The molecule has 0 saturated heterocycles. The highest BCUT2D eigenvalue weighted by molar-refractivity contribution is 4.89. The lowest BCUT2D eigenvalue weighted by Crippen LogP contribution is -1.66. The molecule has 3 N–H and O–H groups in total. The van der Waals surface area contributed by atoms with E-state index in [0.717, 1.165) is 0 Å². The minimum Gasteiger partial charge on any atom is -0.452 e. The summed E-state index contributed by atoms with van der Waals surface area (Å²) in [6.45, 7) is 1.77. The van der Waals surface area contributed by atoms with Crippen molar-refractivity contribution < 1.29 is 13.5 Å². The van der Waals surface area contributed by atoms with Crippen molar-refractivity contribution in [3.8, 4) is 0 Å². The molecule has 0 aliphatic heterocycles. The molecule has 8 aromatic rings. The van der Waals surface area contributed by atoms with E-state index >= 15 is 0 Å². The smallest absolute Gasteiger partial charge is 0.213 e. The van der Waals surface area contributed by atoms with E-state index in [-0.39, 0.29) is 0 Å². The topological polar surface area (TPSA) is 203 Å². The molecular weight excluding hydrogens is 552 g/mol. The molecule has 8 rings (SSSR count). The summed E-state index contributed by atoms with van der Waals surface area (Å²) in [6.07, 6.45) is 26.0. The molecule has 0 aliphatic carbocycles. The highest BCUT2D eigenvalue weighted by Crippen LogP contribution is 1.78. The second-order valence-corrected chi connectivity index (χ2v) is 6.69. The number of rotatable bonds is 0. The number of aromatic amines is 3. The molecule has 15 heteroatoms. The Kier molecular flexibility index (Phi) is 24.1. The summed E-state index contributed by atoms with van der Waals surface area (Å²) in [5, 5.41) is 19.0. The SMILES string of the molecule is Cc1ncon1.c1cc[nH]c1.c1ccncc1.c1ccncc1.c1cn[nH]c1.c1cnoc1.c1cocn1.c1nc[nH]n1. The maximum atomic E-state index is 4.47. The minimum absolute atomic E-state index is 0.676. The fourth-order valence-electron chi connectivity index (χ4n) is 1.86. The fraction of sp³-hybridized carbons (Fsp3) is 0.0357. The molecule has 0 radical (unpaired) electrons. The largest absolute Gasteiger partial charge is 0.452 e. The third-order valence-corrected chi connectivity index (χ3v) is 3.53. The van der Waals surface area contributed by atoms with E-state index in [2.05, 4.69) is 74.1 Å². The molecule has 222 valence electrons. The van der Waals surface area contributed by atoms with Gasteiger partial charge in [0.25, 0.3) is 0 Å². The number of hydrogen-bond acceptors (Lipinski definition) is 12. The molecule has 0 fully saturated rings. The first-order valence-electron chi connectivity index (χ1n) is 12.3. The first-order valence-corrected chi connectivity index (χ1v) is 12.3. The van der Waals surface area contributed by atoms with Gasteiger partial charge in [0, 0.05) is 49.6 Å². The lowest BCUT2D eigenvalue weighted by atomic mass is 10.5. The Morgan fingerprint density at radius 1 is 0.558 bits per heavy atom. The Balaban J connectivity index is 0.000000246. The van der Waals surface area contributed by atoms with Crippen LogP contribution < -0.4 is 0 Å². The molecular formula is C28H32N12O3. The Hall–Kier alpha value is -6.51. The summed E-state index contributed by atoms with van der Waals surface area (Å²) in [4.78, 5) is 21.2. The van der Waals surface area contributed by atoms with Crippen LogP contribution in [-0.4, -0.2) is 60.6 Å². The van der Waals surface area contributed by atoms with E-state index in [9.17, 15) is 0 Å². The van der Waals surface area contributed by atoms with Crippen LogP contribution in [0.15, 0.2) is 174 Å². The predicted molar refractivity (Wildman–Crippen MR) is 156 cm³/mol. The van der Waals surface area contributed by atoms with Gasteiger partial charge in [0.05, 0.1) is 12.4 Å². The van der Waals surface area contributed by atoms with Gasteiger partial charge in [0.1, 0.15) is 25.2 Å². The van der Waals surface area contributed by atoms with Crippen molar-refractivity contribution in [1.82, 2.24) is 60.6 Å². The summed E-state index contributed by atoms with van der Waals surface area (Å²) in [6, 6.07) is 18.9. The molecule has 15 nitrogen and oxygen atoms in total. The zero-order valence-electron chi connectivity index (χ0n) is 23.3. The number of nitrogens with one attached hydrogen (secondary N) is 3.